The molecule has 0 amide bonds. The molecule has 0 saturated heterocycles. The lowest BCUT2D eigenvalue weighted by molar-refractivity contribution is 1.01. The van der Waals surface area contributed by atoms with E-state index in [4.69, 9.17) is 0 Å². The van der Waals surface area contributed by atoms with Crippen LogP contribution in [0.3, 0.4) is 0 Å². The first-order chi connectivity index (χ1) is 12.8. The third-order valence-corrected chi connectivity index (χ3v) is 5.44. The first-order valence-electron chi connectivity index (χ1n) is 9.26. The van der Waals surface area contributed by atoms with Crippen molar-refractivity contribution in [2.75, 3.05) is 0 Å². The molecule has 0 unspecified atom stereocenters. The predicted octanol–water partition coefficient (Wildman–Crippen LogP) is 6.73. The summed E-state index contributed by atoms with van der Waals surface area (Å²) in [5.74, 6) is 0. The van der Waals surface area contributed by atoms with E-state index in [0.29, 0.717) is 0 Å². The number of aryl methyl sites for hydroxylation is 1. The molecule has 0 atom stereocenters. The number of rotatable bonds is 2. The number of hydrogen-bond donors (Lipinski definition) is 0. The van der Waals surface area contributed by atoms with Gasteiger partial charge in [-0.25, -0.2) is 0 Å². The minimum atomic E-state index is 1.14. The number of aromatic nitrogens is 1. The maximum absolute atomic E-state index is 2.36. The van der Waals surface area contributed by atoms with Crippen molar-refractivity contribution in [2.45, 2.75) is 12.8 Å². The van der Waals surface area contributed by atoms with Crippen LogP contribution >= 0.6 is 0 Å². The fourth-order valence-corrected chi connectivity index (χ4v) is 4.04. The maximum atomic E-state index is 2.36. The van der Waals surface area contributed by atoms with Crippen LogP contribution in [0.25, 0.3) is 38.5 Å². The normalized spacial score (nSPS) is 14.1. The van der Waals surface area contributed by atoms with Gasteiger partial charge in [-0.15, -0.1) is 0 Å². The van der Waals surface area contributed by atoms with E-state index in [9.17, 15) is 0 Å². The van der Waals surface area contributed by atoms with Gasteiger partial charge >= 0.3 is 0 Å². The van der Waals surface area contributed by atoms with Gasteiger partial charge in [-0.2, -0.15) is 0 Å². The van der Waals surface area contributed by atoms with Gasteiger partial charge in [0.1, 0.15) is 0 Å². The molecule has 4 aromatic rings. The van der Waals surface area contributed by atoms with Crippen molar-refractivity contribution in [1.82, 2.24) is 4.57 Å². The fourth-order valence-electron chi connectivity index (χ4n) is 4.04. The van der Waals surface area contributed by atoms with Crippen molar-refractivity contribution in [3.63, 3.8) is 0 Å². The van der Waals surface area contributed by atoms with Crippen molar-refractivity contribution in [3.8, 4) is 11.1 Å². The average molecular weight is 335 g/mol. The third kappa shape index (κ3) is 2.40. The van der Waals surface area contributed by atoms with E-state index in [-0.39, 0.29) is 0 Å². The topological polar surface area (TPSA) is 4.93 Å². The molecular formula is C25H21N. The predicted molar refractivity (Wildman–Crippen MR) is 112 cm³/mol. The Hall–Kier alpha value is -3.06. The summed E-state index contributed by atoms with van der Waals surface area (Å²) in [6, 6.07) is 24.3. The highest BCUT2D eigenvalue weighted by Crippen LogP contribution is 2.34. The summed E-state index contributed by atoms with van der Waals surface area (Å²) in [5.41, 5.74) is 7.76. The van der Waals surface area contributed by atoms with Gasteiger partial charge in [-0.1, -0.05) is 60.7 Å². The Balaban J connectivity index is 1.75. The Kier molecular flexibility index (Phi) is 3.53. The van der Waals surface area contributed by atoms with E-state index >= 15 is 0 Å². The highest BCUT2D eigenvalue weighted by Gasteiger charge is 2.11. The Morgan fingerprint density at radius 2 is 1.38 bits per heavy atom. The second-order valence-corrected chi connectivity index (χ2v) is 7.03. The van der Waals surface area contributed by atoms with Crippen LogP contribution in [-0.4, -0.2) is 4.57 Å². The van der Waals surface area contributed by atoms with E-state index in [1.54, 1.807) is 0 Å². The zero-order valence-electron chi connectivity index (χ0n) is 14.9. The van der Waals surface area contributed by atoms with Crippen molar-refractivity contribution in [2.24, 2.45) is 7.05 Å². The van der Waals surface area contributed by atoms with Gasteiger partial charge in [0.15, 0.2) is 0 Å². The molecule has 0 N–H and O–H groups in total. The molecule has 0 spiro atoms. The van der Waals surface area contributed by atoms with Crippen molar-refractivity contribution in [1.29, 1.82) is 0 Å². The Morgan fingerprint density at radius 3 is 2.08 bits per heavy atom. The van der Waals surface area contributed by atoms with Gasteiger partial charge in [0.05, 0.1) is 0 Å². The molecule has 1 nitrogen and oxygen atoms in total. The smallest absolute Gasteiger partial charge is 0.0489 e. The van der Waals surface area contributed by atoms with E-state index in [1.807, 2.05) is 0 Å². The van der Waals surface area contributed by atoms with E-state index in [0.717, 1.165) is 12.8 Å². The molecule has 1 aromatic heterocycles. The van der Waals surface area contributed by atoms with E-state index in [1.165, 1.54) is 44.1 Å². The summed E-state index contributed by atoms with van der Waals surface area (Å²) >= 11 is 0. The van der Waals surface area contributed by atoms with Crippen molar-refractivity contribution >= 4 is 27.4 Å². The van der Waals surface area contributed by atoms with E-state index < -0.39 is 0 Å². The summed E-state index contributed by atoms with van der Waals surface area (Å²) in [5, 5.41) is 2.66. The lowest BCUT2D eigenvalue weighted by Crippen LogP contribution is -1.88. The largest absolute Gasteiger partial charge is 0.344 e. The second kappa shape index (κ2) is 6.03. The lowest BCUT2D eigenvalue weighted by Gasteiger charge is -2.08. The standard InChI is InChI=1S/C25H21N/c1-26-24-14-12-20(18-8-4-2-5-9-18)16-22(24)23-17-21(13-15-25(23)26)19-10-6-3-7-11-19/h2,4-6,8-17H,3,7H2,1H3. The highest BCUT2D eigenvalue weighted by molar-refractivity contribution is 6.10. The number of benzene rings is 3. The van der Waals surface area contributed by atoms with Crippen LogP contribution in [0.5, 0.6) is 0 Å². The summed E-state index contributed by atoms with van der Waals surface area (Å²) in [6.07, 6.45) is 9.17. The molecular weight excluding hydrogens is 314 g/mol. The van der Waals surface area contributed by atoms with Gasteiger partial charge in [0.2, 0.25) is 0 Å². The first-order valence-corrected chi connectivity index (χ1v) is 9.26. The maximum Gasteiger partial charge on any atom is 0.0489 e. The second-order valence-electron chi connectivity index (χ2n) is 7.03. The van der Waals surface area contributed by atoms with Crippen LogP contribution in [0, 0.1) is 0 Å². The third-order valence-electron chi connectivity index (χ3n) is 5.44. The van der Waals surface area contributed by atoms with E-state index in [2.05, 4.69) is 96.6 Å². The van der Waals surface area contributed by atoms with Crippen molar-refractivity contribution in [3.05, 3.63) is 90.5 Å². The van der Waals surface area contributed by atoms with Gasteiger partial charge in [-0.05, 0) is 59.4 Å². The highest BCUT2D eigenvalue weighted by atomic mass is 14.9. The molecule has 0 fully saturated rings. The first kappa shape index (κ1) is 15.2. The summed E-state index contributed by atoms with van der Waals surface area (Å²) in [7, 11) is 2.16. The van der Waals surface area contributed by atoms with Crippen molar-refractivity contribution < 1.29 is 0 Å². The van der Waals surface area contributed by atoms with Crippen LogP contribution in [0.4, 0.5) is 0 Å². The van der Waals surface area contributed by atoms with Gasteiger partial charge in [0, 0.05) is 28.9 Å². The molecule has 1 aliphatic carbocycles. The molecule has 0 saturated carbocycles. The SMILES string of the molecule is Cn1c2ccc(C3=CCCC=C3)cc2c2cc(-c3ccccc3)ccc21. The Morgan fingerprint density at radius 1 is 0.692 bits per heavy atom. The molecule has 3 aromatic carbocycles. The average Bonchev–Trinajstić information content (AvgIpc) is 3.01. The van der Waals surface area contributed by atoms with Crippen LogP contribution in [0.2, 0.25) is 0 Å². The van der Waals surface area contributed by atoms with Gasteiger partial charge < -0.3 is 4.57 Å². The molecule has 0 aliphatic heterocycles. The quantitative estimate of drug-likeness (QED) is 0.382. The molecule has 126 valence electrons. The minimum absolute atomic E-state index is 1.14. The molecule has 1 heteroatoms. The number of nitrogens with zero attached hydrogens (tertiary/aromatic N) is 1. The molecule has 1 aliphatic rings. The zero-order valence-corrected chi connectivity index (χ0v) is 14.9. The molecule has 5 rings (SSSR count). The summed E-state index contributed by atoms with van der Waals surface area (Å²) < 4.78 is 2.30. The van der Waals surface area contributed by atoms with Gasteiger partial charge in [0.25, 0.3) is 0 Å². The number of allylic oxidation sites excluding steroid dienone is 4. The minimum Gasteiger partial charge on any atom is -0.344 e. The van der Waals surface area contributed by atoms with Gasteiger partial charge in [-0.3, -0.25) is 0 Å². The zero-order chi connectivity index (χ0) is 17.5. The van der Waals surface area contributed by atoms with Crippen LogP contribution in [0.1, 0.15) is 18.4 Å². The monoisotopic (exact) mass is 335 g/mol. The lowest BCUT2D eigenvalue weighted by atomic mass is 9.97. The van der Waals surface area contributed by atoms with Crippen LogP contribution < -0.4 is 0 Å². The molecule has 26 heavy (non-hydrogen) atoms. The Bertz CT molecular complexity index is 1170. The Labute approximate surface area is 153 Å². The number of hydrogen-bond acceptors (Lipinski definition) is 0. The van der Waals surface area contributed by atoms with Crippen LogP contribution in [0.15, 0.2) is 85.0 Å². The number of fused-ring (bicyclic) bond motifs is 3. The van der Waals surface area contributed by atoms with Crippen LogP contribution in [-0.2, 0) is 7.05 Å². The fraction of sp³-hybridized carbons (Fsp3) is 0.120. The molecule has 0 radical (unpaired) electrons. The molecule has 1 heterocycles. The summed E-state index contributed by atoms with van der Waals surface area (Å²) in [4.78, 5) is 0. The summed E-state index contributed by atoms with van der Waals surface area (Å²) in [6.45, 7) is 0. The molecule has 0 bridgehead atoms.